The standard InChI is InChI=1S/C25H20F3N5O/c26-25(27,28)23-6-2-1-5-20(23)16-33-17-22(31-32-33)15-30-21-10-8-19(9-11-21)24(34)12-7-18-4-3-13-29-14-18/h1-14,17,30H,15-16H2/b12-7+. The Hall–Kier alpha value is -4.27. The molecule has 9 heteroatoms. The van der Waals surface area contributed by atoms with E-state index in [9.17, 15) is 18.0 Å². The Bertz CT molecular complexity index is 1280. The van der Waals surface area contributed by atoms with Gasteiger partial charge in [0.1, 0.15) is 5.69 Å². The summed E-state index contributed by atoms with van der Waals surface area (Å²) in [6.07, 6.45) is 3.71. The van der Waals surface area contributed by atoms with Gasteiger partial charge in [0.05, 0.1) is 24.8 Å². The number of allylic oxidation sites excluding steroid dienone is 1. The van der Waals surface area contributed by atoms with Crippen molar-refractivity contribution in [3.63, 3.8) is 0 Å². The van der Waals surface area contributed by atoms with Crippen LogP contribution in [0, 0.1) is 0 Å². The summed E-state index contributed by atoms with van der Waals surface area (Å²) in [6.45, 7) is 0.293. The fraction of sp³-hybridized carbons (Fsp3) is 0.120. The number of alkyl halides is 3. The number of anilines is 1. The fourth-order valence-electron chi connectivity index (χ4n) is 3.29. The van der Waals surface area contributed by atoms with Crippen LogP contribution in [0.1, 0.15) is 32.7 Å². The van der Waals surface area contributed by atoms with Gasteiger partial charge in [-0.25, -0.2) is 4.68 Å². The minimum atomic E-state index is -4.43. The molecule has 0 atom stereocenters. The lowest BCUT2D eigenvalue weighted by Crippen LogP contribution is -2.12. The van der Waals surface area contributed by atoms with Crippen LogP contribution in [0.25, 0.3) is 6.08 Å². The zero-order valence-electron chi connectivity index (χ0n) is 17.9. The maximum absolute atomic E-state index is 13.2. The molecule has 0 saturated carbocycles. The average molecular weight is 463 g/mol. The van der Waals surface area contributed by atoms with E-state index < -0.39 is 11.7 Å². The fourth-order valence-corrected chi connectivity index (χ4v) is 3.29. The van der Waals surface area contributed by atoms with Crippen LogP contribution >= 0.6 is 0 Å². The number of nitrogens with one attached hydrogen (secondary N) is 1. The predicted octanol–water partition coefficient (Wildman–Crippen LogP) is 5.25. The van der Waals surface area contributed by atoms with Crippen molar-refractivity contribution in [3.05, 3.63) is 113 Å². The first-order valence-corrected chi connectivity index (χ1v) is 10.4. The summed E-state index contributed by atoms with van der Waals surface area (Å²) in [5, 5.41) is 11.1. The van der Waals surface area contributed by atoms with Crippen LogP contribution in [0.2, 0.25) is 0 Å². The highest BCUT2D eigenvalue weighted by atomic mass is 19.4. The van der Waals surface area contributed by atoms with Crippen LogP contribution in [-0.4, -0.2) is 25.8 Å². The van der Waals surface area contributed by atoms with E-state index >= 15 is 0 Å². The minimum absolute atomic E-state index is 0.0357. The maximum Gasteiger partial charge on any atom is 0.416 e. The first-order chi connectivity index (χ1) is 16.4. The summed E-state index contributed by atoms with van der Waals surface area (Å²) in [4.78, 5) is 16.3. The highest BCUT2D eigenvalue weighted by Crippen LogP contribution is 2.32. The highest BCUT2D eigenvalue weighted by molar-refractivity contribution is 6.06. The Balaban J connectivity index is 1.33. The van der Waals surface area contributed by atoms with E-state index in [1.165, 1.54) is 22.9 Å². The first-order valence-electron chi connectivity index (χ1n) is 10.4. The van der Waals surface area contributed by atoms with Crippen molar-refractivity contribution in [1.29, 1.82) is 0 Å². The van der Waals surface area contributed by atoms with Crippen LogP contribution < -0.4 is 5.32 Å². The molecule has 1 N–H and O–H groups in total. The molecule has 0 unspecified atom stereocenters. The second-order valence-electron chi connectivity index (χ2n) is 7.48. The summed E-state index contributed by atoms with van der Waals surface area (Å²) in [7, 11) is 0. The third kappa shape index (κ3) is 5.94. The quantitative estimate of drug-likeness (QED) is 0.286. The lowest BCUT2D eigenvalue weighted by Gasteiger charge is -2.12. The smallest absolute Gasteiger partial charge is 0.379 e. The number of halogens is 3. The second-order valence-corrected chi connectivity index (χ2v) is 7.48. The minimum Gasteiger partial charge on any atom is -0.379 e. The normalized spacial score (nSPS) is 11.6. The molecule has 4 aromatic rings. The van der Waals surface area contributed by atoms with Gasteiger partial charge in [0.2, 0.25) is 0 Å². The number of carbonyl (C=O) groups excluding carboxylic acids is 1. The molecule has 2 aromatic heterocycles. The SMILES string of the molecule is O=C(/C=C/c1cccnc1)c1ccc(NCc2cn(Cc3ccccc3C(F)(F)F)nn2)cc1. The van der Waals surface area contributed by atoms with Gasteiger partial charge in [-0.15, -0.1) is 5.10 Å². The number of nitrogens with zero attached hydrogens (tertiary/aromatic N) is 4. The number of hydrogen-bond donors (Lipinski definition) is 1. The van der Waals surface area contributed by atoms with Gasteiger partial charge in [0.25, 0.3) is 0 Å². The molecule has 0 fully saturated rings. The topological polar surface area (TPSA) is 72.7 Å². The van der Waals surface area contributed by atoms with E-state index in [-0.39, 0.29) is 17.9 Å². The van der Waals surface area contributed by atoms with E-state index in [1.807, 2.05) is 6.07 Å². The van der Waals surface area contributed by atoms with Crippen molar-refractivity contribution < 1.29 is 18.0 Å². The van der Waals surface area contributed by atoms with Crippen molar-refractivity contribution in [1.82, 2.24) is 20.0 Å². The van der Waals surface area contributed by atoms with Gasteiger partial charge in [-0.3, -0.25) is 9.78 Å². The van der Waals surface area contributed by atoms with Gasteiger partial charge >= 0.3 is 6.18 Å². The Kier molecular flexibility index (Phi) is 6.82. The molecular formula is C25H20F3N5O. The molecule has 4 rings (SSSR count). The zero-order valence-corrected chi connectivity index (χ0v) is 17.9. The van der Waals surface area contributed by atoms with E-state index in [0.717, 1.165) is 17.3 Å². The summed E-state index contributed by atoms with van der Waals surface area (Å²) in [6, 6.07) is 16.0. The third-order valence-corrected chi connectivity index (χ3v) is 5.00. The van der Waals surface area contributed by atoms with E-state index in [1.54, 1.807) is 61.1 Å². The molecule has 0 saturated heterocycles. The molecule has 2 aromatic carbocycles. The third-order valence-electron chi connectivity index (χ3n) is 5.00. The first kappa shape index (κ1) is 22.9. The van der Waals surface area contributed by atoms with Crippen LogP contribution in [0.4, 0.5) is 18.9 Å². The van der Waals surface area contributed by atoms with Gasteiger partial charge in [0, 0.05) is 23.6 Å². The Morgan fingerprint density at radius 3 is 2.56 bits per heavy atom. The van der Waals surface area contributed by atoms with Gasteiger partial charge < -0.3 is 5.32 Å². The van der Waals surface area contributed by atoms with E-state index in [4.69, 9.17) is 0 Å². The summed E-state index contributed by atoms with van der Waals surface area (Å²) in [5.74, 6) is -0.127. The maximum atomic E-state index is 13.2. The van der Waals surface area contributed by atoms with E-state index in [2.05, 4.69) is 20.6 Å². The number of rotatable bonds is 8. The van der Waals surface area contributed by atoms with Crippen LogP contribution in [0.5, 0.6) is 0 Å². The average Bonchev–Trinajstić information content (AvgIpc) is 3.29. The van der Waals surface area contributed by atoms with Crippen molar-refractivity contribution in [2.75, 3.05) is 5.32 Å². The van der Waals surface area contributed by atoms with Gasteiger partial charge in [0.15, 0.2) is 5.78 Å². The van der Waals surface area contributed by atoms with Crippen LogP contribution in [0.3, 0.4) is 0 Å². The summed E-state index contributed by atoms with van der Waals surface area (Å²) >= 11 is 0. The molecule has 0 aliphatic heterocycles. The largest absolute Gasteiger partial charge is 0.416 e. The molecule has 6 nitrogen and oxygen atoms in total. The van der Waals surface area contributed by atoms with Gasteiger partial charge in [-0.1, -0.05) is 29.5 Å². The number of pyridine rings is 1. The molecule has 0 bridgehead atoms. The summed E-state index contributed by atoms with van der Waals surface area (Å²) in [5.41, 5.74) is 2.16. The van der Waals surface area contributed by atoms with Crippen LogP contribution in [-0.2, 0) is 19.3 Å². The van der Waals surface area contributed by atoms with Crippen LogP contribution in [0.15, 0.2) is 85.3 Å². The predicted molar refractivity (Wildman–Crippen MR) is 122 cm³/mol. The highest BCUT2D eigenvalue weighted by Gasteiger charge is 2.32. The molecule has 0 spiro atoms. The molecule has 0 radical (unpaired) electrons. The Morgan fingerprint density at radius 1 is 1.03 bits per heavy atom. The number of aromatic nitrogens is 4. The number of carbonyl (C=O) groups is 1. The molecular weight excluding hydrogens is 443 g/mol. The molecule has 34 heavy (non-hydrogen) atoms. The van der Waals surface area contributed by atoms with E-state index in [0.29, 0.717) is 17.8 Å². The van der Waals surface area contributed by atoms with Crippen molar-refractivity contribution >= 4 is 17.5 Å². The lowest BCUT2D eigenvalue weighted by atomic mass is 10.1. The molecule has 0 aliphatic rings. The monoisotopic (exact) mass is 463 g/mol. The molecule has 172 valence electrons. The van der Waals surface area contributed by atoms with Crippen molar-refractivity contribution in [2.24, 2.45) is 0 Å². The van der Waals surface area contributed by atoms with Crippen molar-refractivity contribution in [2.45, 2.75) is 19.3 Å². The molecule has 0 aliphatic carbocycles. The Labute approximate surface area is 193 Å². The zero-order chi connectivity index (χ0) is 24.0. The van der Waals surface area contributed by atoms with Gasteiger partial charge in [-0.2, -0.15) is 13.2 Å². The lowest BCUT2D eigenvalue weighted by molar-refractivity contribution is -0.138. The number of ketones is 1. The Morgan fingerprint density at radius 2 is 1.82 bits per heavy atom. The van der Waals surface area contributed by atoms with Crippen molar-refractivity contribution in [3.8, 4) is 0 Å². The number of hydrogen-bond acceptors (Lipinski definition) is 5. The molecule has 0 amide bonds. The molecule has 2 heterocycles. The second kappa shape index (κ2) is 10.1. The van der Waals surface area contributed by atoms with Gasteiger partial charge in [-0.05, 0) is 59.7 Å². The number of benzene rings is 2. The summed E-state index contributed by atoms with van der Waals surface area (Å²) < 4.78 is 40.9.